The van der Waals surface area contributed by atoms with Crippen LogP contribution in [0.25, 0.3) is 0 Å². The maximum Gasteiger partial charge on any atom is 0.130 e. The van der Waals surface area contributed by atoms with Crippen LogP contribution in [0.5, 0.6) is 0 Å². The van der Waals surface area contributed by atoms with Crippen LogP contribution in [0.2, 0.25) is 0 Å². The zero-order chi connectivity index (χ0) is 13.1. The molecule has 0 radical (unpaired) electrons. The van der Waals surface area contributed by atoms with Gasteiger partial charge < -0.3 is 16.0 Å². The Balaban J connectivity index is 2.23. The lowest BCUT2D eigenvalue weighted by atomic mass is 10.2. The topological polar surface area (TPSA) is 54.2 Å². The van der Waals surface area contributed by atoms with Gasteiger partial charge in [0.25, 0.3) is 0 Å². The highest BCUT2D eigenvalue weighted by Crippen LogP contribution is 2.21. The smallest absolute Gasteiger partial charge is 0.130 e. The molecule has 0 fully saturated rings. The van der Waals surface area contributed by atoms with E-state index >= 15 is 0 Å². The molecule has 3 N–H and O–H groups in total. The Labute approximate surface area is 107 Å². The fraction of sp³-hybridized carbons (Fsp3) is 0.214. The number of nitrogens with zero attached hydrogens (tertiary/aromatic N) is 2. The second-order valence-electron chi connectivity index (χ2n) is 4.50. The number of rotatable bonds is 3. The maximum atomic E-state index is 5.75. The highest BCUT2D eigenvalue weighted by molar-refractivity contribution is 5.64. The first-order valence-corrected chi connectivity index (χ1v) is 5.83. The van der Waals surface area contributed by atoms with Crippen molar-refractivity contribution in [2.24, 2.45) is 0 Å². The van der Waals surface area contributed by atoms with E-state index in [9.17, 15) is 0 Å². The highest BCUT2D eigenvalue weighted by Gasteiger charge is 2.01. The zero-order valence-electron chi connectivity index (χ0n) is 10.9. The third-order valence-corrected chi connectivity index (χ3v) is 2.79. The SMILES string of the molecule is Cc1cc(Nc2cccc(N(C)C)c2)ncc1N. The second-order valence-corrected chi connectivity index (χ2v) is 4.50. The van der Waals surface area contributed by atoms with Gasteiger partial charge in [0, 0.05) is 25.5 Å². The molecule has 1 aromatic carbocycles. The average molecular weight is 242 g/mol. The van der Waals surface area contributed by atoms with Gasteiger partial charge in [-0.25, -0.2) is 4.98 Å². The third kappa shape index (κ3) is 2.71. The van der Waals surface area contributed by atoms with Crippen molar-refractivity contribution >= 4 is 22.9 Å². The number of nitrogens with one attached hydrogen (secondary N) is 1. The first-order chi connectivity index (χ1) is 8.56. The van der Waals surface area contributed by atoms with Gasteiger partial charge in [0.15, 0.2) is 0 Å². The van der Waals surface area contributed by atoms with Crippen molar-refractivity contribution in [2.75, 3.05) is 30.0 Å². The summed E-state index contributed by atoms with van der Waals surface area (Å²) in [6.45, 7) is 1.97. The van der Waals surface area contributed by atoms with Gasteiger partial charge in [-0.2, -0.15) is 0 Å². The van der Waals surface area contributed by atoms with Gasteiger partial charge >= 0.3 is 0 Å². The summed E-state index contributed by atoms with van der Waals surface area (Å²) in [4.78, 5) is 6.32. The Bertz CT molecular complexity index is 549. The van der Waals surface area contributed by atoms with Crippen LogP contribution < -0.4 is 16.0 Å². The van der Waals surface area contributed by atoms with E-state index in [1.807, 2.05) is 39.2 Å². The molecule has 0 aliphatic carbocycles. The fourth-order valence-corrected chi connectivity index (χ4v) is 1.64. The van der Waals surface area contributed by atoms with Crippen molar-refractivity contribution in [3.05, 3.63) is 42.1 Å². The van der Waals surface area contributed by atoms with Crippen LogP contribution in [0.15, 0.2) is 36.5 Å². The second kappa shape index (κ2) is 4.96. The summed E-state index contributed by atoms with van der Waals surface area (Å²) in [6.07, 6.45) is 1.67. The van der Waals surface area contributed by atoms with Crippen molar-refractivity contribution in [2.45, 2.75) is 6.92 Å². The van der Waals surface area contributed by atoms with Crippen LogP contribution in [0, 0.1) is 6.92 Å². The lowest BCUT2D eigenvalue weighted by Crippen LogP contribution is -2.08. The number of nitrogens with two attached hydrogens (primary N) is 1. The quantitative estimate of drug-likeness (QED) is 0.869. The van der Waals surface area contributed by atoms with Crippen molar-refractivity contribution in [3.8, 4) is 0 Å². The van der Waals surface area contributed by atoms with Gasteiger partial charge in [0.2, 0.25) is 0 Å². The molecular formula is C14H18N4. The van der Waals surface area contributed by atoms with Crippen LogP contribution in [-0.4, -0.2) is 19.1 Å². The molecule has 2 aromatic rings. The number of aromatic nitrogens is 1. The van der Waals surface area contributed by atoms with Gasteiger partial charge in [-0.15, -0.1) is 0 Å². The van der Waals surface area contributed by atoms with E-state index in [4.69, 9.17) is 5.73 Å². The molecule has 2 rings (SSSR count). The summed E-state index contributed by atoms with van der Waals surface area (Å²) in [5.74, 6) is 0.803. The lowest BCUT2D eigenvalue weighted by molar-refractivity contribution is 1.13. The molecule has 0 unspecified atom stereocenters. The van der Waals surface area contributed by atoms with Gasteiger partial charge in [0.1, 0.15) is 5.82 Å². The number of nitrogen functional groups attached to an aromatic ring is 1. The fourth-order valence-electron chi connectivity index (χ4n) is 1.64. The summed E-state index contributed by atoms with van der Waals surface area (Å²) >= 11 is 0. The Hall–Kier alpha value is -2.23. The van der Waals surface area contributed by atoms with Gasteiger partial charge in [0.05, 0.1) is 11.9 Å². The minimum atomic E-state index is 0.711. The minimum absolute atomic E-state index is 0.711. The average Bonchev–Trinajstić information content (AvgIpc) is 2.34. The normalized spacial score (nSPS) is 10.2. The van der Waals surface area contributed by atoms with Crippen molar-refractivity contribution in [3.63, 3.8) is 0 Å². The third-order valence-electron chi connectivity index (χ3n) is 2.79. The summed E-state index contributed by atoms with van der Waals surface area (Å²) in [5, 5.41) is 3.27. The molecule has 4 nitrogen and oxygen atoms in total. The van der Waals surface area contributed by atoms with Gasteiger partial charge in [-0.1, -0.05) is 6.07 Å². The first-order valence-electron chi connectivity index (χ1n) is 5.83. The van der Waals surface area contributed by atoms with E-state index in [0.717, 1.165) is 22.8 Å². The number of benzene rings is 1. The molecule has 94 valence electrons. The molecule has 0 aliphatic heterocycles. The summed E-state index contributed by atoms with van der Waals surface area (Å²) in [7, 11) is 4.04. The van der Waals surface area contributed by atoms with Crippen LogP contribution >= 0.6 is 0 Å². The first kappa shape index (κ1) is 12.2. The molecule has 0 atom stereocenters. The molecule has 0 aliphatic rings. The Morgan fingerprint density at radius 3 is 2.67 bits per heavy atom. The monoisotopic (exact) mass is 242 g/mol. The minimum Gasteiger partial charge on any atom is -0.397 e. The molecule has 0 spiro atoms. The Morgan fingerprint density at radius 1 is 1.22 bits per heavy atom. The molecule has 1 aromatic heterocycles. The molecule has 0 bridgehead atoms. The van der Waals surface area contributed by atoms with E-state index in [-0.39, 0.29) is 0 Å². The van der Waals surface area contributed by atoms with Gasteiger partial charge in [-0.05, 0) is 36.8 Å². The molecule has 0 amide bonds. The van der Waals surface area contributed by atoms with E-state index in [1.165, 1.54) is 0 Å². The molecular weight excluding hydrogens is 224 g/mol. The predicted molar refractivity (Wildman–Crippen MR) is 77.4 cm³/mol. The number of aryl methyl sites for hydroxylation is 1. The lowest BCUT2D eigenvalue weighted by Gasteiger charge is -2.14. The molecule has 0 saturated heterocycles. The van der Waals surface area contributed by atoms with E-state index < -0.39 is 0 Å². The van der Waals surface area contributed by atoms with Gasteiger partial charge in [-0.3, -0.25) is 0 Å². The molecule has 1 heterocycles. The van der Waals surface area contributed by atoms with Crippen molar-refractivity contribution < 1.29 is 0 Å². The summed E-state index contributed by atoms with van der Waals surface area (Å²) in [6, 6.07) is 10.1. The van der Waals surface area contributed by atoms with Crippen LogP contribution in [0.1, 0.15) is 5.56 Å². The highest BCUT2D eigenvalue weighted by atomic mass is 15.1. The molecule has 18 heavy (non-hydrogen) atoms. The Morgan fingerprint density at radius 2 is 2.00 bits per heavy atom. The van der Waals surface area contributed by atoms with E-state index in [2.05, 4.69) is 27.3 Å². The number of anilines is 4. The zero-order valence-corrected chi connectivity index (χ0v) is 10.9. The van der Waals surface area contributed by atoms with E-state index in [0.29, 0.717) is 5.69 Å². The van der Waals surface area contributed by atoms with Crippen LogP contribution in [-0.2, 0) is 0 Å². The Kier molecular flexibility index (Phi) is 3.37. The van der Waals surface area contributed by atoms with E-state index in [1.54, 1.807) is 6.20 Å². The number of hydrogen-bond donors (Lipinski definition) is 2. The predicted octanol–water partition coefficient (Wildman–Crippen LogP) is 2.78. The number of pyridine rings is 1. The maximum absolute atomic E-state index is 5.75. The summed E-state index contributed by atoms with van der Waals surface area (Å²) in [5.41, 5.74) is 9.64. The number of hydrogen-bond acceptors (Lipinski definition) is 4. The standard InChI is InChI=1S/C14H18N4/c1-10-7-14(16-9-13(10)15)17-11-5-4-6-12(8-11)18(2)3/h4-9H,15H2,1-3H3,(H,16,17). The molecule has 4 heteroatoms. The van der Waals surface area contributed by atoms with Crippen molar-refractivity contribution in [1.82, 2.24) is 4.98 Å². The van der Waals surface area contributed by atoms with Crippen molar-refractivity contribution in [1.29, 1.82) is 0 Å². The largest absolute Gasteiger partial charge is 0.397 e. The van der Waals surface area contributed by atoms with Crippen LogP contribution in [0.3, 0.4) is 0 Å². The molecule has 0 saturated carbocycles. The van der Waals surface area contributed by atoms with Crippen LogP contribution in [0.4, 0.5) is 22.9 Å². The summed E-state index contributed by atoms with van der Waals surface area (Å²) < 4.78 is 0.